The van der Waals surface area contributed by atoms with Gasteiger partial charge in [0.2, 0.25) is 0 Å². The van der Waals surface area contributed by atoms with Crippen molar-refractivity contribution in [3.05, 3.63) is 46.9 Å². The third kappa shape index (κ3) is 5.14. The van der Waals surface area contributed by atoms with Crippen molar-refractivity contribution in [3.8, 4) is 11.1 Å². The molecule has 6 rings (SSSR count). The quantitative estimate of drug-likeness (QED) is 0.489. The Hall–Kier alpha value is -3.32. The first-order valence-electron chi connectivity index (χ1n) is 14.1. The molecule has 0 spiro atoms. The lowest BCUT2D eigenvalue weighted by Crippen LogP contribution is -2.42. The highest BCUT2D eigenvalue weighted by Gasteiger charge is 2.35. The molecule has 2 aromatic heterocycles. The molecule has 3 aliphatic rings. The molecular formula is C28H36F2N8O2S. The van der Waals surface area contributed by atoms with Crippen molar-refractivity contribution < 1.29 is 17.8 Å². The van der Waals surface area contributed by atoms with Gasteiger partial charge in [0.25, 0.3) is 6.43 Å². The van der Waals surface area contributed by atoms with Gasteiger partial charge in [-0.25, -0.2) is 22.1 Å². The van der Waals surface area contributed by atoms with Gasteiger partial charge in [0.05, 0.1) is 29.8 Å². The van der Waals surface area contributed by atoms with Crippen molar-refractivity contribution >= 4 is 28.5 Å². The Morgan fingerprint density at radius 2 is 1.93 bits per heavy atom. The summed E-state index contributed by atoms with van der Waals surface area (Å²) in [5.74, 6) is 0.741. The highest BCUT2D eigenvalue weighted by molar-refractivity contribution is 7.81. The molecule has 1 fully saturated rings. The number of carbonyl (C=O) groups excluding carboxylic acids is 1. The summed E-state index contributed by atoms with van der Waals surface area (Å²) >= 11 is 0. The van der Waals surface area contributed by atoms with E-state index in [0.29, 0.717) is 37.2 Å². The lowest BCUT2D eigenvalue weighted by molar-refractivity contribution is 0.152. The number of piperidine rings is 1. The number of fused-ring (bicyclic) bond motifs is 2. The minimum atomic E-state index is -2.65. The Morgan fingerprint density at radius 3 is 2.59 bits per heavy atom. The number of halogens is 2. The van der Waals surface area contributed by atoms with Crippen LogP contribution in [0.5, 0.6) is 0 Å². The fraction of sp³-hybridized carbons (Fsp3) is 0.536. The number of rotatable bonds is 5. The number of hydrogen-bond donors (Lipinski definition) is 1. The lowest BCUT2D eigenvalue weighted by Gasteiger charge is -2.33. The second-order valence-corrected chi connectivity index (χ2v) is 12.4. The predicted molar refractivity (Wildman–Crippen MR) is 154 cm³/mol. The Labute approximate surface area is 240 Å². The molecule has 10 nitrogen and oxygen atoms in total. The van der Waals surface area contributed by atoms with Crippen molar-refractivity contribution in [3.63, 3.8) is 0 Å². The summed E-state index contributed by atoms with van der Waals surface area (Å²) in [6.07, 6.45) is 6.40. The van der Waals surface area contributed by atoms with Gasteiger partial charge in [-0.1, -0.05) is 0 Å². The average molecular weight is 587 g/mol. The largest absolute Gasteiger partial charge is 0.341 e. The summed E-state index contributed by atoms with van der Waals surface area (Å²) in [6, 6.07) is 3.52. The second kappa shape index (κ2) is 11.2. The van der Waals surface area contributed by atoms with Crippen LogP contribution >= 0.6 is 0 Å². The second-order valence-electron chi connectivity index (χ2n) is 11.0. The molecule has 2 amide bonds. The van der Waals surface area contributed by atoms with Crippen LogP contribution in [0.3, 0.4) is 0 Å². The van der Waals surface area contributed by atoms with Gasteiger partial charge in [0, 0.05) is 87.2 Å². The number of amides is 2. The summed E-state index contributed by atoms with van der Waals surface area (Å²) in [5, 5.41) is 12.1. The van der Waals surface area contributed by atoms with Crippen molar-refractivity contribution in [2.75, 3.05) is 44.4 Å². The van der Waals surface area contributed by atoms with Crippen LogP contribution < -0.4 is 10.2 Å². The van der Waals surface area contributed by atoms with Crippen LogP contribution in [0.1, 0.15) is 54.1 Å². The number of nitrogens with zero attached hydrogens (tertiary/aromatic N) is 7. The Morgan fingerprint density at radius 1 is 1.15 bits per heavy atom. The Balaban J connectivity index is 1.43. The topological polar surface area (TPSA) is 91.5 Å². The number of benzene rings is 1. The van der Waals surface area contributed by atoms with Crippen LogP contribution in [-0.4, -0.2) is 78.5 Å². The summed E-state index contributed by atoms with van der Waals surface area (Å²) in [6.45, 7) is 3.09. The number of aryl methyl sites for hydroxylation is 2. The molecule has 13 heteroatoms. The van der Waals surface area contributed by atoms with Crippen LogP contribution in [0.15, 0.2) is 24.5 Å². The number of anilines is 2. The van der Waals surface area contributed by atoms with Crippen LogP contribution in [0.4, 0.5) is 25.1 Å². The zero-order valence-corrected chi connectivity index (χ0v) is 24.5. The van der Waals surface area contributed by atoms with E-state index in [2.05, 4.69) is 20.0 Å². The van der Waals surface area contributed by atoms with E-state index in [1.807, 2.05) is 10.4 Å². The Kier molecular flexibility index (Phi) is 7.58. The number of carbonyl (C=O) groups is 1. The Bertz CT molecular complexity index is 1480. The fourth-order valence-electron chi connectivity index (χ4n) is 6.48. The van der Waals surface area contributed by atoms with E-state index >= 15 is 0 Å². The van der Waals surface area contributed by atoms with Crippen LogP contribution in [0.25, 0.3) is 11.1 Å². The van der Waals surface area contributed by atoms with Gasteiger partial charge in [-0.15, -0.1) is 0 Å². The summed E-state index contributed by atoms with van der Waals surface area (Å²) in [4.78, 5) is 16.5. The third-order valence-electron chi connectivity index (χ3n) is 8.57. The molecule has 220 valence electrons. The lowest BCUT2D eigenvalue weighted by atomic mass is 9.92. The summed E-state index contributed by atoms with van der Waals surface area (Å²) in [7, 11) is 2.40. The highest BCUT2D eigenvalue weighted by atomic mass is 32.2. The van der Waals surface area contributed by atoms with Gasteiger partial charge < -0.3 is 15.1 Å². The maximum absolute atomic E-state index is 14.5. The SMILES string of the molecule is CNC(=O)N1CCc2c(c(N3CCCc4cc(-c5cnn(C)c5)c(C(F)F)cc43)nn2C2CCN(S(C)=O)CC2)C1. The van der Waals surface area contributed by atoms with E-state index in [0.717, 1.165) is 67.1 Å². The number of urea groups is 1. The molecule has 5 heterocycles. The molecule has 0 aliphatic carbocycles. The number of nitrogens with one attached hydrogen (secondary N) is 1. The van der Waals surface area contributed by atoms with Gasteiger partial charge in [-0.05, 0) is 48.9 Å². The van der Waals surface area contributed by atoms with E-state index in [1.165, 1.54) is 0 Å². The molecule has 3 aromatic rings. The molecule has 1 N–H and O–H groups in total. The predicted octanol–water partition coefficient (Wildman–Crippen LogP) is 3.93. The molecule has 1 atom stereocenters. The number of aromatic nitrogens is 4. The van der Waals surface area contributed by atoms with Crippen molar-refractivity contribution in [2.45, 2.75) is 51.1 Å². The first-order valence-corrected chi connectivity index (χ1v) is 15.6. The fourth-order valence-corrected chi connectivity index (χ4v) is 7.21. The van der Waals surface area contributed by atoms with E-state index in [1.54, 1.807) is 48.4 Å². The van der Waals surface area contributed by atoms with Crippen molar-refractivity contribution in [2.24, 2.45) is 7.05 Å². The van der Waals surface area contributed by atoms with Gasteiger partial charge in [-0.3, -0.25) is 9.36 Å². The number of hydrogen-bond acceptors (Lipinski definition) is 5. The maximum Gasteiger partial charge on any atom is 0.317 e. The molecule has 0 bridgehead atoms. The molecule has 1 saturated heterocycles. The minimum Gasteiger partial charge on any atom is -0.341 e. The molecular weight excluding hydrogens is 550 g/mol. The van der Waals surface area contributed by atoms with E-state index in [-0.39, 0.29) is 17.6 Å². The first kappa shape index (κ1) is 27.8. The molecule has 3 aliphatic heterocycles. The average Bonchev–Trinajstić information content (AvgIpc) is 3.59. The highest BCUT2D eigenvalue weighted by Crippen LogP contribution is 2.43. The van der Waals surface area contributed by atoms with Crippen LogP contribution in [0.2, 0.25) is 0 Å². The van der Waals surface area contributed by atoms with Gasteiger partial charge in [0.1, 0.15) is 0 Å². The van der Waals surface area contributed by atoms with Crippen LogP contribution in [0, 0.1) is 0 Å². The minimum absolute atomic E-state index is 0.0242. The van der Waals surface area contributed by atoms with Crippen LogP contribution in [-0.2, 0) is 37.4 Å². The monoisotopic (exact) mass is 586 g/mol. The first-order chi connectivity index (χ1) is 19.7. The van der Waals surface area contributed by atoms with E-state index in [9.17, 15) is 17.8 Å². The summed E-state index contributed by atoms with van der Waals surface area (Å²) < 4.78 is 46.7. The summed E-state index contributed by atoms with van der Waals surface area (Å²) in [5.41, 5.74) is 4.98. The standard InChI is InChI=1S/C28H36F2N8O2S/c1-31-28(39)35-10-8-24-23(17-35)27(33-38(24)20-6-11-36(12-7-20)41(3)40)37-9-4-5-18-13-21(19-15-32-34(2)16-19)22(26(29)30)14-25(18)37/h13-16,20,26H,4-12,17H2,1-3H3,(H,31,39). The van der Waals surface area contributed by atoms with E-state index < -0.39 is 17.4 Å². The zero-order chi connectivity index (χ0) is 28.8. The molecule has 1 unspecified atom stereocenters. The molecule has 41 heavy (non-hydrogen) atoms. The zero-order valence-electron chi connectivity index (χ0n) is 23.6. The molecule has 0 radical (unpaired) electrons. The van der Waals surface area contributed by atoms with Gasteiger partial charge >= 0.3 is 6.03 Å². The van der Waals surface area contributed by atoms with Gasteiger partial charge in [-0.2, -0.15) is 10.2 Å². The van der Waals surface area contributed by atoms with Crippen molar-refractivity contribution in [1.82, 2.24) is 34.1 Å². The smallest absolute Gasteiger partial charge is 0.317 e. The molecule has 1 aromatic carbocycles. The molecule has 0 saturated carbocycles. The van der Waals surface area contributed by atoms with Gasteiger partial charge in [0.15, 0.2) is 5.82 Å². The van der Waals surface area contributed by atoms with E-state index in [4.69, 9.17) is 5.10 Å². The van der Waals surface area contributed by atoms with Crippen molar-refractivity contribution in [1.29, 1.82) is 0 Å². The number of alkyl halides is 2. The third-order valence-corrected chi connectivity index (χ3v) is 9.67. The normalized spacial score (nSPS) is 18.9. The maximum atomic E-state index is 14.5.